The second-order valence-electron chi connectivity index (χ2n) is 5.00. The number of aromatic nitrogens is 4. The minimum absolute atomic E-state index is 0.266. The Kier molecular flexibility index (Phi) is 4.26. The third-order valence-corrected chi connectivity index (χ3v) is 4.04. The first-order valence-electron chi connectivity index (χ1n) is 6.75. The standard InChI is InChI=1S/C13H13ClN6O3S/c1-20-11-10(7-16-20)13(18-17-12(11)14)15-6-8-2-4-9(5-3-8)19-24(21,22)23/h2-5,7,19H,6H2,1H3,(H,15,18)(H,21,22,23). The molecule has 9 nitrogen and oxygen atoms in total. The second kappa shape index (κ2) is 6.23. The van der Waals surface area contributed by atoms with Crippen molar-refractivity contribution >= 4 is 44.3 Å². The molecule has 0 spiro atoms. The smallest absolute Gasteiger partial charge is 0.357 e. The van der Waals surface area contributed by atoms with Crippen molar-refractivity contribution in [2.75, 3.05) is 10.0 Å². The molecule has 24 heavy (non-hydrogen) atoms. The molecule has 2 heterocycles. The minimum atomic E-state index is -4.28. The molecule has 3 aromatic rings. The maximum Gasteiger partial charge on any atom is 0.357 e. The highest BCUT2D eigenvalue weighted by molar-refractivity contribution is 7.87. The minimum Gasteiger partial charge on any atom is -0.364 e. The van der Waals surface area contributed by atoms with Gasteiger partial charge >= 0.3 is 10.3 Å². The van der Waals surface area contributed by atoms with Gasteiger partial charge in [-0.15, -0.1) is 10.2 Å². The van der Waals surface area contributed by atoms with E-state index in [0.29, 0.717) is 17.9 Å². The van der Waals surface area contributed by atoms with Crippen LogP contribution in [0.3, 0.4) is 0 Å². The van der Waals surface area contributed by atoms with Crippen molar-refractivity contribution in [2.45, 2.75) is 6.54 Å². The van der Waals surface area contributed by atoms with E-state index in [2.05, 4.69) is 20.6 Å². The van der Waals surface area contributed by atoms with Gasteiger partial charge in [0.05, 0.1) is 17.3 Å². The average Bonchev–Trinajstić information content (AvgIpc) is 2.90. The van der Waals surface area contributed by atoms with Crippen LogP contribution in [0.1, 0.15) is 5.56 Å². The molecule has 0 bridgehead atoms. The van der Waals surface area contributed by atoms with Crippen LogP contribution in [0.25, 0.3) is 10.9 Å². The number of fused-ring (bicyclic) bond motifs is 1. The quantitative estimate of drug-likeness (QED) is 0.587. The van der Waals surface area contributed by atoms with Crippen molar-refractivity contribution < 1.29 is 13.0 Å². The molecular formula is C13H13ClN6O3S. The Morgan fingerprint density at radius 3 is 2.62 bits per heavy atom. The van der Waals surface area contributed by atoms with Crippen LogP contribution in [0, 0.1) is 0 Å². The molecule has 2 aromatic heterocycles. The Morgan fingerprint density at radius 2 is 1.96 bits per heavy atom. The molecular weight excluding hydrogens is 356 g/mol. The van der Waals surface area contributed by atoms with E-state index >= 15 is 0 Å². The molecule has 0 atom stereocenters. The summed E-state index contributed by atoms with van der Waals surface area (Å²) in [5.41, 5.74) is 1.83. The van der Waals surface area contributed by atoms with Gasteiger partial charge in [-0.25, -0.2) is 0 Å². The monoisotopic (exact) mass is 368 g/mol. The van der Waals surface area contributed by atoms with Crippen molar-refractivity contribution in [1.82, 2.24) is 20.0 Å². The van der Waals surface area contributed by atoms with Gasteiger partial charge in [0.1, 0.15) is 5.52 Å². The average molecular weight is 369 g/mol. The zero-order chi connectivity index (χ0) is 17.3. The lowest BCUT2D eigenvalue weighted by molar-refractivity contribution is 0.489. The highest BCUT2D eigenvalue weighted by Gasteiger charge is 2.12. The van der Waals surface area contributed by atoms with E-state index < -0.39 is 10.3 Å². The summed E-state index contributed by atoms with van der Waals surface area (Å²) in [5, 5.41) is 16.2. The predicted octanol–water partition coefficient (Wildman–Crippen LogP) is 1.84. The molecule has 1 aromatic carbocycles. The summed E-state index contributed by atoms with van der Waals surface area (Å²) in [6, 6.07) is 6.50. The van der Waals surface area contributed by atoms with Crippen LogP contribution in [0.4, 0.5) is 11.5 Å². The molecule has 0 aliphatic rings. The van der Waals surface area contributed by atoms with Crippen LogP contribution < -0.4 is 10.0 Å². The first-order valence-corrected chi connectivity index (χ1v) is 8.57. The summed E-state index contributed by atoms with van der Waals surface area (Å²) in [6.45, 7) is 0.437. The fourth-order valence-electron chi connectivity index (χ4n) is 2.21. The van der Waals surface area contributed by atoms with Crippen molar-refractivity contribution in [3.63, 3.8) is 0 Å². The summed E-state index contributed by atoms with van der Waals surface area (Å²) in [6.07, 6.45) is 1.65. The molecule has 0 aliphatic heterocycles. The van der Waals surface area contributed by atoms with Crippen LogP contribution in [-0.4, -0.2) is 32.9 Å². The van der Waals surface area contributed by atoms with Crippen molar-refractivity contribution in [1.29, 1.82) is 0 Å². The predicted molar refractivity (Wildman–Crippen MR) is 90.3 cm³/mol. The van der Waals surface area contributed by atoms with Gasteiger partial charge in [0.25, 0.3) is 0 Å². The fraction of sp³-hybridized carbons (Fsp3) is 0.154. The van der Waals surface area contributed by atoms with Crippen LogP contribution in [-0.2, 0) is 23.9 Å². The Hall–Kier alpha value is -2.43. The van der Waals surface area contributed by atoms with Gasteiger partial charge in [-0.05, 0) is 17.7 Å². The van der Waals surface area contributed by atoms with E-state index in [1.165, 1.54) is 12.1 Å². The number of hydrogen-bond donors (Lipinski definition) is 3. The molecule has 3 N–H and O–H groups in total. The van der Waals surface area contributed by atoms with Crippen molar-refractivity contribution in [3.05, 3.63) is 41.2 Å². The van der Waals surface area contributed by atoms with Crippen molar-refractivity contribution in [2.24, 2.45) is 7.05 Å². The number of hydrogen-bond acceptors (Lipinski definition) is 6. The summed E-state index contributed by atoms with van der Waals surface area (Å²) in [7, 11) is -2.51. The first-order chi connectivity index (χ1) is 11.3. The Morgan fingerprint density at radius 1 is 1.25 bits per heavy atom. The van der Waals surface area contributed by atoms with Crippen LogP contribution in [0.5, 0.6) is 0 Å². The normalized spacial score (nSPS) is 11.6. The highest BCUT2D eigenvalue weighted by atomic mass is 35.5. The second-order valence-corrected chi connectivity index (χ2v) is 6.51. The topological polar surface area (TPSA) is 122 Å². The van der Waals surface area contributed by atoms with Gasteiger partial charge in [-0.1, -0.05) is 23.7 Å². The zero-order valence-corrected chi connectivity index (χ0v) is 14.0. The third kappa shape index (κ3) is 3.55. The first kappa shape index (κ1) is 16.4. The number of nitrogens with zero attached hydrogens (tertiary/aromatic N) is 4. The van der Waals surface area contributed by atoms with Crippen LogP contribution in [0.15, 0.2) is 30.5 Å². The van der Waals surface area contributed by atoms with E-state index in [1.807, 2.05) is 4.72 Å². The zero-order valence-electron chi connectivity index (χ0n) is 12.4. The van der Waals surface area contributed by atoms with E-state index in [1.54, 1.807) is 30.1 Å². The molecule has 0 amide bonds. The van der Waals surface area contributed by atoms with E-state index in [0.717, 1.165) is 10.9 Å². The van der Waals surface area contributed by atoms with E-state index in [-0.39, 0.29) is 10.8 Å². The van der Waals surface area contributed by atoms with Crippen LogP contribution in [0.2, 0.25) is 5.15 Å². The summed E-state index contributed by atoms with van der Waals surface area (Å²) in [4.78, 5) is 0. The van der Waals surface area contributed by atoms with Gasteiger partial charge in [-0.3, -0.25) is 14.0 Å². The van der Waals surface area contributed by atoms with E-state index in [9.17, 15) is 8.42 Å². The number of aryl methyl sites for hydroxylation is 1. The Labute approximate surface area is 142 Å². The largest absolute Gasteiger partial charge is 0.364 e. The maximum absolute atomic E-state index is 10.7. The highest BCUT2D eigenvalue weighted by Crippen LogP contribution is 2.25. The molecule has 3 rings (SSSR count). The van der Waals surface area contributed by atoms with Gasteiger partial charge in [-0.2, -0.15) is 13.5 Å². The lowest BCUT2D eigenvalue weighted by atomic mass is 10.2. The lowest BCUT2D eigenvalue weighted by Gasteiger charge is -2.08. The van der Waals surface area contributed by atoms with Crippen LogP contribution >= 0.6 is 11.6 Å². The molecule has 0 saturated heterocycles. The van der Waals surface area contributed by atoms with Gasteiger partial charge in [0.2, 0.25) is 0 Å². The fourth-order valence-corrected chi connectivity index (χ4v) is 2.90. The van der Waals surface area contributed by atoms with Gasteiger partial charge < -0.3 is 5.32 Å². The number of halogens is 1. The molecule has 0 fully saturated rings. The number of benzene rings is 1. The van der Waals surface area contributed by atoms with Gasteiger partial charge in [0, 0.05) is 13.6 Å². The Balaban J connectivity index is 1.76. The molecule has 126 valence electrons. The lowest BCUT2D eigenvalue weighted by Crippen LogP contribution is -2.10. The number of anilines is 2. The number of nitrogens with one attached hydrogen (secondary N) is 2. The Bertz CT molecular complexity index is 987. The maximum atomic E-state index is 10.7. The SMILES string of the molecule is Cn1ncc2c(NCc3ccc(NS(=O)(=O)O)cc3)nnc(Cl)c21. The summed E-state index contributed by atoms with van der Waals surface area (Å²) >= 11 is 6.02. The van der Waals surface area contributed by atoms with Gasteiger partial charge in [0.15, 0.2) is 11.0 Å². The molecule has 0 unspecified atom stereocenters. The third-order valence-electron chi connectivity index (χ3n) is 3.29. The molecule has 11 heteroatoms. The van der Waals surface area contributed by atoms with Crippen molar-refractivity contribution in [3.8, 4) is 0 Å². The number of rotatable bonds is 5. The molecule has 0 aliphatic carbocycles. The summed E-state index contributed by atoms with van der Waals surface area (Å²) < 4.78 is 33.8. The summed E-state index contributed by atoms with van der Waals surface area (Å²) in [5.74, 6) is 0.544. The molecule has 0 radical (unpaired) electrons. The van der Waals surface area contributed by atoms with E-state index in [4.69, 9.17) is 16.2 Å². The molecule has 0 saturated carbocycles.